The summed E-state index contributed by atoms with van der Waals surface area (Å²) in [5, 5.41) is 2.81. The number of nitrogens with one attached hydrogen (secondary N) is 1. The lowest BCUT2D eigenvalue weighted by atomic mass is 10.1. The molecule has 0 aliphatic carbocycles. The van der Waals surface area contributed by atoms with Gasteiger partial charge in [0.15, 0.2) is 0 Å². The van der Waals surface area contributed by atoms with Crippen LogP contribution in [-0.4, -0.2) is 31.7 Å². The molecule has 7 nitrogen and oxygen atoms in total. The highest BCUT2D eigenvalue weighted by Gasteiger charge is 2.16. The summed E-state index contributed by atoms with van der Waals surface area (Å²) in [7, 11) is 1.31. The minimum absolute atomic E-state index is 0.144. The topological polar surface area (TPSA) is 99.9 Å². The summed E-state index contributed by atoms with van der Waals surface area (Å²) in [6.45, 7) is 6.21. The van der Waals surface area contributed by atoms with Crippen LogP contribution in [0.4, 0.5) is 11.4 Å². The smallest absolute Gasteiger partial charge is 0.337 e. The zero-order valence-electron chi connectivity index (χ0n) is 16.6. The van der Waals surface area contributed by atoms with Gasteiger partial charge in [-0.3, -0.25) is 4.79 Å². The van der Waals surface area contributed by atoms with E-state index in [0.29, 0.717) is 40.6 Å². The highest BCUT2D eigenvalue weighted by molar-refractivity contribution is 6.06. The van der Waals surface area contributed by atoms with Gasteiger partial charge < -0.3 is 25.3 Å². The number of rotatable bonds is 8. The molecule has 0 atom stereocenters. The normalized spacial score (nSPS) is 10.5. The van der Waals surface area contributed by atoms with E-state index in [0.717, 1.165) is 6.42 Å². The molecule has 0 bridgehead atoms. The van der Waals surface area contributed by atoms with Gasteiger partial charge in [-0.05, 0) is 56.7 Å². The molecule has 2 aromatic carbocycles. The highest BCUT2D eigenvalue weighted by Crippen LogP contribution is 2.29. The molecule has 0 heterocycles. The molecule has 1 amide bonds. The predicted octanol–water partition coefficient (Wildman–Crippen LogP) is 3.88. The summed E-state index contributed by atoms with van der Waals surface area (Å²) < 4.78 is 16.1. The van der Waals surface area contributed by atoms with E-state index in [1.807, 2.05) is 20.8 Å². The number of anilines is 2. The second kappa shape index (κ2) is 9.64. The van der Waals surface area contributed by atoms with E-state index in [2.05, 4.69) is 5.32 Å². The number of hydrogen-bond acceptors (Lipinski definition) is 6. The number of benzene rings is 2. The third-order valence-electron chi connectivity index (χ3n) is 3.75. The van der Waals surface area contributed by atoms with E-state index in [9.17, 15) is 9.59 Å². The molecule has 0 saturated carbocycles. The Hall–Kier alpha value is -3.22. The van der Waals surface area contributed by atoms with Crippen LogP contribution in [-0.2, 0) is 4.74 Å². The van der Waals surface area contributed by atoms with E-state index in [1.54, 1.807) is 36.4 Å². The number of carbonyl (C=O) groups is 2. The van der Waals surface area contributed by atoms with Crippen molar-refractivity contribution < 1.29 is 23.8 Å². The predicted molar refractivity (Wildman–Crippen MR) is 108 cm³/mol. The maximum Gasteiger partial charge on any atom is 0.337 e. The molecule has 2 aromatic rings. The Kier molecular flexibility index (Phi) is 7.26. The number of methoxy groups -OCH3 is 1. The first kappa shape index (κ1) is 21.1. The van der Waals surface area contributed by atoms with Gasteiger partial charge in [-0.1, -0.05) is 6.92 Å². The van der Waals surface area contributed by atoms with Crippen LogP contribution < -0.4 is 20.5 Å². The standard InChI is InChI=1S/C21H26N2O5/c1-5-10-27-18-11-14(6-8-16(18)22)20(24)23-17-9-7-15(21(25)26-4)12-19(17)28-13(2)3/h6-9,11-13H,5,10,22H2,1-4H3,(H,23,24). The van der Waals surface area contributed by atoms with Crippen LogP contribution in [0.25, 0.3) is 0 Å². The Bertz CT molecular complexity index is 849. The highest BCUT2D eigenvalue weighted by atomic mass is 16.5. The number of hydrogen-bond donors (Lipinski definition) is 2. The number of nitrogen functional groups attached to an aromatic ring is 1. The van der Waals surface area contributed by atoms with Crippen LogP contribution in [0.5, 0.6) is 11.5 Å². The first-order valence-electron chi connectivity index (χ1n) is 9.08. The van der Waals surface area contributed by atoms with Crippen LogP contribution in [0, 0.1) is 0 Å². The summed E-state index contributed by atoms with van der Waals surface area (Å²) in [6.07, 6.45) is 0.687. The van der Waals surface area contributed by atoms with Gasteiger partial charge in [-0.25, -0.2) is 4.79 Å². The van der Waals surface area contributed by atoms with Crippen molar-refractivity contribution in [3.05, 3.63) is 47.5 Å². The van der Waals surface area contributed by atoms with Crippen molar-refractivity contribution in [1.82, 2.24) is 0 Å². The average molecular weight is 386 g/mol. The van der Waals surface area contributed by atoms with Gasteiger partial charge >= 0.3 is 5.97 Å². The number of amides is 1. The fourth-order valence-electron chi connectivity index (χ4n) is 2.43. The molecule has 0 unspecified atom stereocenters. The number of ether oxygens (including phenoxy) is 3. The van der Waals surface area contributed by atoms with Crippen LogP contribution in [0.1, 0.15) is 47.9 Å². The van der Waals surface area contributed by atoms with Gasteiger partial charge in [0.05, 0.1) is 36.8 Å². The average Bonchev–Trinajstić information content (AvgIpc) is 2.67. The van der Waals surface area contributed by atoms with Crippen molar-refractivity contribution in [1.29, 1.82) is 0 Å². The van der Waals surface area contributed by atoms with Crippen molar-refractivity contribution >= 4 is 23.3 Å². The molecule has 0 aromatic heterocycles. The lowest BCUT2D eigenvalue weighted by Gasteiger charge is -2.16. The van der Waals surface area contributed by atoms with Gasteiger partial charge in [-0.15, -0.1) is 0 Å². The quantitative estimate of drug-likeness (QED) is 0.527. The maximum atomic E-state index is 12.7. The first-order chi connectivity index (χ1) is 13.3. The van der Waals surface area contributed by atoms with Crippen molar-refractivity contribution in [3.8, 4) is 11.5 Å². The number of esters is 1. The summed E-state index contributed by atoms with van der Waals surface area (Å²) in [5.74, 6) is 0.0156. The van der Waals surface area contributed by atoms with E-state index in [1.165, 1.54) is 7.11 Å². The molecule has 0 aliphatic rings. The molecule has 3 N–H and O–H groups in total. The van der Waals surface area contributed by atoms with Gasteiger partial charge in [0.25, 0.3) is 5.91 Å². The van der Waals surface area contributed by atoms with Gasteiger partial charge in [0, 0.05) is 5.56 Å². The zero-order chi connectivity index (χ0) is 20.7. The molecular formula is C21H26N2O5. The van der Waals surface area contributed by atoms with Crippen LogP contribution in [0.15, 0.2) is 36.4 Å². The fourth-order valence-corrected chi connectivity index (χ4v) is 2.43. The van der Waals surface area contributed by atoms with Crippen molar-refractivity contribution in [2.24, 2.45) is 0 Å². The summed E-state index contributed by atoms with van der Waals surface area (Å²) in [4.78, 5) is 24.5. The SMILES string of the molecule is CCCOc1cc(C(=O)Nc2ccc(C(=O)OC)cc2OC(C)C)ccc1N. The van der Waals surface area contributed by atoms with Gasteiger partial charge in [-0.2, -0.15) is 0 Å². The summed E-state index contributed by atoms with van der Waals surface area (Å²) in [6, 6.07) is 9.56. The van der Waals surface area contributed by atoms with Crippen LogP contribution >= 0.6 is 0 Å². The second-order valence-corrected chi connectivity index (χ2v) is 6.42. The lowest BCUT2D eigenvalue weighted by molar-refractivity contribution is 0.0600. The molecular weight excluding hydrogens is 360 g/mol. The van der Waals surface area contributed by atoms with Crippen molar-refractivity contribution in [3.63, 3.8) is 0 Å². The van der Waals surface area contributed by atoms with Crippen molar-refractivity contribution in [2.75, 3.05) is 24.8 Å². The van der Waals surface area contributed by atoms with E-state index >= 15 is 0 Å². The Morgan fingerprint density at radius 2 is 1.75 bits per heavy atom. The zero-order valence-corrected chi connectivity index (χ0v) is 16.6. The van der Waals surface area contributed by atoms with Crippen LogP contribution in [0.3, 0.4) is 0 Å². The van der Waals surface area contributed by atoms with E-state index in [4.69, 9.17) is 19.9 Å². The molecule has 0 saturated heterocycles. The number of carbonyl (C=O) groups excluding carboxylic acids is 2. The Morgan fingerprint density at radius 3 is 2.39 bits per heavy atom. The molecule has 0 radical (unpaired) electrons. The third-order valence-corrected chi connectivity index (χ3v) is 3.75. The second-order valence-electron chi connectivity index (χ2n) is 6.42. The maximum absolute atomic E-state index is 12.7. The molecule has 28 heavy (non-hydrogen) atoms. The Labute approximate surface area is 164 Å². The van der Waals surface area contributed by atoms with Crippen LogP contribution in [0.2, 0.25) is 0 Å². The Balaban J connectivity index is 2.28. The fraction of sp³-hybridized carbons (Fsp3) is 0.333. The summed E-state index contributed by atoms with van der Waals surface area (Å²) in [5.41, 5.74) is 7.54. The Morgan fingerprint density at radius 1 is 1.07 bits per heavy atom. The minimum atomic E-state index is -0.484. The minimum Gasteiger partial charge on any atom is -0.491 e. The molecule has 0 fully saturated rings. The summed E-state index contributed by atoms with van der Waals surface area (Å²) >= 11 is 0. The lowest BCUT2D eigenvalue weighted by Crippen LogP contribution is -2.15. The molecule has 0 spiro atoms. The van der Waals surface area contributed by atoms with E-state index in [-0.39, 0.29) is 12.0 Å². The third kappa shape index (κ3) is 5.39. The number of nitrogens with two attached hydrogens (primary N) is 1. The largest absolute Gasteiger partial charge is 0.491 e. The first-order valence-corrected chi connectivity index (χ1v) is 9.08. The monoisotopic (exact) mass is 386 g/mol. The van der Waals surface area contributed by atoms with Gasteiger partial charge in [0.1, 0.15) is 11.5 Å². The molecule has 7 heteroatoms. The molecule has 0 aliphatic heterocycles. The van der Waals surface area contributed by atoms with Gasteiger partial charge in [0.2, 0.25) is 0 Å². The van der Waals surface area contributed by atoms with E-state index < -0.39 is 5.97 Å². The molecule has 150 valence electrons. The van der Waals surface area contributed by atoms with Crippen molar-refractivity contribution in [2.45, 2.75) is 33.3 Å². The molecule has 2 rings (SSSR count).